The Labute approximate surface area is 117 Å². The Bertz CT molecular complexity index is 346. The standard InChI is InChI=1S/C15H30N4/c1-4-6-7-8-9-10-14(17-16)12-15-11-13(5-2)18-19(15)3/h11,14,17H,4-10,12,16H2,1-3H3. The fourth-order valence-corrected chi connectivity index (χ4v) is 2.43. The smallest absolute Gasteiger partial charge is 0.0624 e. The maximum absolute atomic E-state index is 5.67. The number of hydrogen-bond acceptors (Lipinski definition) is 3. The molecule has 1 aromatic rings. The molecule has 1 unspecified atom stereocenters. The van der Waals surface area contributed by atoms with Crippen LogP contribution in [0.1, 0.15) is 63.8 Å². The Morgan fingerprint density at radius 2 is 2.00 bits per heavy atom. The van der Waals surface area contributed by atoms with Crippen LogP contribution in [0.5, 0.6) is 0 Å². The first-order valence-electron chi connectivity index (χ1n) is 7.69. The van der Waals surface area contributed by atoms with Crippen molar-refractivity contribution in [1.82, 2.24) is 15.2 Å². The van der Waals surface area contributed by atoms with Crippen LogP contribution in [0.15, 0.2) is 6.07 Å². The van der Waals surface area contributed by atoms with Gasteiger partial charge in [-0.25, -0.2) is 0 Å². The Kier molecular flexibility index (Phi) is 7.75. The van der Waals surface area contributed by atoms with Gasteiger partial charge in [0.15, 0.2) is 0 Å². The topological polar surface area (TPSA) is 55.9 Å². The SMILES string of the molecule is CCCCCCCC(Cc1cc(CC)nn1C)NN. The highest BCUT2D eigenvalue weighted by molar-refractivity contribution is 5.11. The minimum Gasteiger partial charge on any atom is -0.272 e. The lowest BCUT2D eigenvalue weighted by Gasteiger charge is -2.15. The second kappa shape index (κ2) is 9.10. The van der Waals surface area contributed by atoms with Crippen molar-refractivity contribution < 1.29 is 0 Å². The molecule has 0 aliphatic carbocycles. The van der Waals surface area contributed by atoms with E-state index in [9.17, 15) is 0 Å². The lowest BCUT2D eigenvalue weighted by atomic mass is 10.0. The summed E-state index contributed by atoms with van der Waals surface area (Å²) in [5.74, 6) is 5.67. The maximum atomic E-state index is 5.67. The largest absolute Gasteiger partial charge is 0.272 e. The van der Waals surface area contributed by atoms with Gasteiger partial charge in [-0.1, -0.05) is 46.0 Å². The van der Waals surface area contributed by atoms with Crippen molar-refractivity contribution in [3.05, 3.63) is 17.5 Å². The Balaban J connectivity index is 2.36. The fourth-order valence-electron chi connectivity index (χ4n) is 2.43. The molecule has 19 heavy (non-hydrogen) atoms. The van der Waals surface area contributed by atoms with E-state index in [1.807, 2.05) is 11.7 Å². The van der Waals surface area contributed by atoms with Gasteiger partial charge in [-0.15, -0.1) is 0 Å². The van der Waals surface area contributed by atoms with Crippen molar-refractivity contribution in [2.45, 2.75) is 71.3 Å². The molecule has 0 aliphatic rings. The molecule has 0 saturated heterocycles. The van der Waals surface area contributed by atoms with Gasteiger partial charge >= 0.3 is 0 Å². The third-order valence-corrected chi connectivity index (χ3v) is 3.74. The molecule has 4 nitrogen and oxygen atoms in total. The van der Waals surface area contributed by atoms with E-state index in [1.165, 1.54) is 37.8 Å². The number of aromatic nitrogens is 2. The summed E-state index contributed by atoms with van der Waals surface area (Å²) in [6.07, 6.45) is 9.67. The van der Waals surface area contributed by atoms with Gasteiger partial charge in [0.05, 0.1) is 5.69 Å². The third-order valence-electron chi connectivity index (χ3n) is 3.74. The first-order chi connectivity index (χ1) is 9.21. The predicted octanol–water partition coefficient (Wildman–Crippen LogP) is 2.72. The van der Waals surface area contributed by atoms with Crippen LogP contribution >= 0.6 is 0 Å². The molecular weight excluding hydrogens is 236 g/mol. The van der Waals surface area contributed by atoms with Crippen LogP contribution in [0, 0.1) is 0 Å². The van der Waals surface area contributed by atoms with E-state index < -0.39 is 0 Å². The predicted molar refractivity (Wildman–Crippen MR) is 80.8 cm³/mol. The van der Waals surface area contributed by atoms with Crippen molar-refractivity contribution in [3.63, 3.8) is 0 Å². The van der Waals surface area contributed by atoms with Gasteiger partial charge in [0, 0.05) is 25.2 Å². The maximum Gasteiger partial charge on any atom is 0.0624 e. The lowest BCUT2D eigenvalue weighted by molar-refractivity contribution is 0.451. The van der Waals surface area contributed by atoms with Crippen LogP contribution < -0.4 is 11.3 Å². The third kappa shape index (κ3) is 5.74. The summed E-state index contributed by atoms with van der Waals surface area (Å²) in [6, 6.07) is 2.56. The fraction of sp³-hybridized carbons (Fsp3) is 0.800. The average molecular weight is 266 g/mol. The van der Waals surface area contributed by atoms with E-state index in [1.54, 1.807) is 0 Å². The molecule has 0 saturated carbocycles. The van der Waals surface area contributed by atoms with Crippen molar-refractivity contribution in [3.8, 4) is 0 Å². The van der Waals surface area contributed by atoms with E-state index in [-0.39, 0.29) is 0 Å². The van der Waals surface area contributed by atoms with Gasteiger partial charge < -0.3 is 0 Å². The molecule has 1 rings (SSSR count). The Morgan fingerprint density at radius 1 is 1.26 bits per heavy atom. The number of unbranched alkanes of at least 4 members (excludes halogenated alkanes) is 4. The molecule has 0 bridgehead atoms. The van der Waals surface area contributed by atoms with Crippen LogP contribution in [0.25, 0.3) is 0 Å². The van der Waals surface area contributed by atoms with Crippen LogP contribution in [-0.2, 0) is 19.9 Å². The summed E-state index contributed by atoms with van der Waals surface area (Å²) in [5.41, 5.74) is 5.39. The van der Waals surface area contributed by atoms with E-state index in [0.717, 1.165) is 25.0 Å². The van der Waals surface area contributed by atoms with Gasteiger partial charge in [0.1, 0.15) is 0 Å². The molecule has 0 aliphatic heterocycles. The second-order valence-corrected chi connectivity index (χ2v) is 5.37. The molecule has 1 heterocycles. The van der Waals surface area contributed by atoms with Crippen molar-refractivity contribution in [2.75, 3.05) is 0 Å². The molecule has 0 spiro atoms. The normalized spacial score (nSPS) is 12.8. The van der Waals surface area contributed by atoms with E-state index in [2.05, 4.69) is 30.4 Å². The highest BCUT2D eigenvalue weighted by atomic mass is 15.3. The highest BCUT2D eigenvalue weighted by Crippen LogP contribution is 2.12. The summed E-state index contributed by atoms with van der Waals surface area (Å²) in [6.45, 7) is 4.39. The Morgan fingerprint density at radius 3 is 2.58 bits per heavy atom. The zero-order chi connectivity index (χ0) is 14.1. The van der Waals surface area contributed by atoms with E-state index >= 15 is 0 Å². The number of hydrazine groups is 1. The number of nitrogens with two attached hydrogens (primary N) is 1. The van der Waals surface area contributed by atoms with E-state index in [4.69, 9.17) is 5.84 Å². The minimum atomic E-state index is 0.363. The molecule has 1 aromatic heterocycles. The number of rotatable bonds is 10. The minimum absolute atomic E-state index is 0.363. The van der Waals surface area contributed by atoms with Crippen molar-refractivity contribution in [2.24, 2.45) is 12.9 Å². The molecule has 0 amide bonds. The first-order valence-corrected chi connectivity index (χ1v) is 7.69. The lowest BCUT2D eigenvalue weighted by Crippen LogP contribution is -2.37. The van der Waals surface area contributed by atoms with Gasteiger partial charge in [-0.2, -0.15) is 5.10 Å². The molecule has 110 valence electrons. The molecule has 1 atom stereocenters. The number of aryl methyl sites for hydroxylation is 2. The molecule has 0 aromatic carbocycles. The molecular formula is C15H30N4. The highest BCUT2D eigenvalue weighted by Gasteiger charge is 2.11. The summed E-state index contributed by atoms with van der Waals surface area (Å²) >= 11 is 0. The average Bonchev–Trinajstić information content (AvgIpc) is 2.77. The van der Waals surface area contributed by atoms with Crippen LogP contribution in [0.4, 0.5) is 0 Å². The summed E-state index contributed by atoms with van der Waals surface area (Å²) in [7, 11) is 2.02. The van der Waals surface area contributed by atoms with Gasteiger partial charge in [-0.3, -0.25) is 16.0 Å². The second-order valence-electron chi connectivity index (χ2n) is 5.37. The number of nitrogens with zero attached hydrogens (tertiary/aromatic N) is 2. The van der Waals surface area contributed by atoms with Crippen molar-refractivity contribution >= 4 is 0 Å². The zero-order valence-corrected chi connectivity index (χ0v) is 12.8. The van der Waals surface area contributed by atoms with Crippen LogP contribution in [-0.4, -0.2) is 15.8 Å². The van der Waals surface area contributed by atoms with Gasteiger partial charge in [0.2, 0.25) is 0 Å². The van der Waals surface area contributed by atoms with Crippen LogP contribution in [0.3, 0.4) is 0 Å². The zero-order valence-electron chi connectivity index (χ0n) is 12.8. The van der Waals surface area contributed by atoms with Gasteiger partial charge in [0.25, 0.3) is 0 Å². The number of nitrogens with one attached hydrogen (secondary N) is 1. The molecule has 0 radical (unpaired) electrons. The van der Waals surface area contributed by atoms with Gasteiger partial charge in [-0.05, 0) is 18.9 Å². The van der Waals surface area contributed by atoms with E-state index in [0.29, 0.717) is 6.04 Å². The Hall–Kier alpha value is -0.870. The monoisotopic (exact) mass is 266 g/mol. The quantitative estimate of drug-likeness (QED) is 0.389. The first kappa shape index (κ1) is 16.2. The van der Waals surface area contributed by atoms with Crippen molar-refractivity contribution in [1.29, 1.82) is 0 Å². The summed E-state index contributed by atoms with van der Waals surface area (Å²) < 4.78 is 1.99. The number of hydrogen-bond donors (Lipinski definition) is 2. The summed E-state index contributed by atoms with van der Waals surface area (Å²) in [4.78, 5) is 0. The van der Waals surface area contributed by atoms with Crippen LogP contribution in [0.2, 0.25) is 0 Å². The summed E-state index contributed by atoms with van der Waals surface area (Å²) in [5, 5.41) is 4.49. The molecule has 0 fully saturated rings. The molecule has 4 heteroatoms. The molecule has 3 N–H and O–H groups in total.